The van der Waals surface area contributed by atoms with Crippen molar-refractivity contribution >= 4 is 0 Å². The predicted octanol–water partition coefficient (Wildman–Crippen LogP) is 4.08. The van der Waals surface area contributed by atoms with Gasteiger partial charge in [0.15, 0.2) is 0 Å². The number of benzene rings is 2. The van der Waals surface area contributed by atoms with Gasteiger partial charge < -0.3 is 5.32 Å². The number of hydrogen-bond acceptors (Lipinski definition) is 1. The first kappa shape index (κ1) is 14.7. The van der Waals surface area contributed by atoms with E-state index in [0.717, 1.165) is 22.8 Å². The number of likely N-dealkylation sites (N-methyl/N-ethyl adjacent to an activating group) is 1. The van der Waals surface area contributed by atoms with Crippen LogP contribution in [0.3, 0.4) is 0 Å². The molecule has 0 aliphatic carbocycles. The van der Waals surface area contributed by atoms with Crippen LogP contribution in [0.4, 0.5) is 8.78 Å². The second-order valence-electron chi connectivity index (χ2n) is 5.09. The number of rotatable bonds is 4. The van der Waals surface area contributed by atoms with Gasteiger partial charge in [0.05, 0.1) is 0 Å². The van der Waals surface area contributed by atoms with Gasteiger partial charge in [-0.25, -0.2) is 8.78 Å². The largest absolute Gasteiger partial charge is 0.313 e. The summed E-state index contributed by atoms with van der Waals surface area (Å²) in [4.78, 5) is 0. The SMILES string of the molecule is CNC(Cc1cc(F)ccc1F)c1c(C)cccc1C. The minimum Gasteiger partial charge on any atom is -0.313 e. The molecule has 1 unspecified atom stereocenters. The monoisotopic (exact) mass is 275 g/mol. The van der Waals surface area contributed by atoms with Crippen LogP contribution in [0, 0.1) is 25.5 Å². The van der Waals surface area contributed by atoms with E-state index in [-0.39, 0.29) is 11.9 Å². The van der Waals surface area contributed by atoms with Crippen molar-refractivity contribution in [1.82, 2.24) is 5.32 Å². The van der Waals surface area contributed by atoms with Crippen molar-refractivity contribution in [3.63, 3.8) is 0 Å². The summed E-state index contributed by atoms with van der Waals surface area (Å²) in [5.74, 6) is -0.768. The molecule has 3 heteroatoms. The molecule has 0 saturated carbocycles. The number of halogens is 2. The van der Waals surface area contributed by atoms with Crippen LogP contribution < -0.4 is 5.32 Å². The first-order valence-electron chi connectivity index (χ1n) is 6.70. The maximum atomic E-state index is 13.8. The second-order valence-corrected chi connectivity index (χ2v) is 5.09. The molecule has 106 valence electrons. The summed E-state index contributed by atoms with van der Waals surface area (Å²) >= 11 is 0. The highest BCUT2D eigenvalue weighted by molar-refractivity contribution is 5.37. The van der Waals surface area contributed by atoms with E-state index in [0.29, 0.717) is 12.0 Å². The van der Waals surface area contributed by atoms with Crippen LogP contribution in [0.5, 0.6) is 0 Å². The summed E-state index contributed by atoms with van der Waals surface area (Å²) in [6, 6.07) is 9.64. The van der Waals surface area contributed by atoms with E-state index in [1.807, 2.05) is 39.1 Å². The molecule has 0 heterocycles. The van der Waals surface area contributed by atoms with Gasteiger partial charge in [0, 0.05) is 6.04 Å². The van der Waals surface area contributed by atoms with E-state index in [9.17, 15) is 8.78 Å². The minimum atomic E-state index is -0.405. The van der Waals surface area contributed by atoms with Crippen LogP contribution in [0.25, 0.3) is 0 Å². The van der Waals surface area contributed by atoms with Gasteiger partial charge in [0.25, 0.3) is 0 Å². The van der Waals surface area contributed by atoms with Crippen LogP contribution in [-0.2, 0) is 6.42 Å². The minimum absolute atomic E-state index is 0.0347. The van der Waals surface area contributed by atoms with Gasteiger partial charge in [0.1, 0.15) is 11.6 Å². The highest BCUT2D eigenvalue weighted by atomic mass is 19.1. The molecule has 0 radical (unpaired) electrons. The quantitative estimate of drug-likeness (QED) is 0.886. The molecular weight excluding hydrogens is 256 g/mol. The van der Waals surface area contributed by atoms with Gasteiger partial charge in [-0.15, -0.1) is 0 Å². The summed E-state index contributed by atoms with van der Waals surface area (Å²) in [6.07, 6.45) is 0.422. The Bertz CT molecular complexity index is 588. The Morgan fingerprint density at radius 2 is 1.70 bits per heavy atom. The molecule has 0 fully saturated rings. The fraction of sp³-hybridized carbons (Fsp3) is 0.294. The van der Waals surface area contributed by atoms with Gasteiger partial charge in [-0.3, -0.25) is 0 Å². The summed E-state index contributed by atoms with van der Waals surface area (Å²) in [6.45, 7) is 4.07. The Kier molecular flexibility index (Phi) is 4.50. The Labute approximate surface area is 118 Å². The summed E-state index contributed by atoms with van der Waals surface area (Å²) < 4.78 is 27.1. The molecule has 2 rings (SSSR count). The zero-order valence-corrected chi connectivity index (χ0v) is 12.0. The molecule has 0 spiro atoms. The highest BCUT2D eigenvalue weighted by Crippen LogP contribution is 2.26. The van der Waals surface area contributed by atoms with Crippen molar-refractivity contribution in [3.05, 3.63) is 70.3 Å². The molecule has 0 saturated heterocycles. The molecule has 0 aliphatic heterocycles. The molecule has 20 heavy (non-hydrogen) atoms. The third kappa shape index (κ3) is 3.05. The molecule has 1 atom stereocenters. The number of nitrogens with one attached hydrogen (secondary N) is 1. The Morgan fingerprint density at radius 1 is 1.05 bits per heavy atom. The number of aryl methyl sites for hydroxylation is 2. The highest BCUT2D eigenvalue weighted by Gasteiger charge is 2.17. The Hall–Kier alpha value is -1.74. The summed E-state index contributed by atoms with van der Waals surface area (Å²) in [5.41, 5.74) is 3.85. The molecule has 2 aromatic carbocycles. The van der Waals surface area contributed by atoms with Gasteiger partial charge in [-0.1, -0.05) is 18.2 Å². The average molecular weight is 275 g/mol. The summed E-state index contributed by atoms with van der Waals surface area (Å²) in [5, 5.41) is 3.21. The van der Waals surface area contributed by atoms with Crippen molar-refractivity contribution in [2.45, 2.75) is 26.3 Å². The standard InChI is InChI=1S/C17H19F2N/c1-11-5-4-6-12(2)17(11)16(20-3)10-13-9-14(18)7-8-15(13)19/h4-9,16,20H,10H2,1-3H3. The van der Waals surface area contributed by atoms with Gasteiger partial charge >= 0.3 is 0 Å². The number of hydrogen-bond donors (Lipinski definition) is 1. The molecule has 0 aliphatic rings. The lowest BCUT2D eigenvalue weighted by Gasteiger charge is -2.21. The van der Waals surface area contributed by atoms with Crippen molar-refractivity contribution in [3.8, 4) is 0 Å². The molecule has 1 nitrogen and oxygen atoms in total. The Morgan fingerprint density at radius 3 is 2.30 bits per heavy atom. The third-order valence-electron chi connectivity index (χ3n) is 3.67. The van der Waals surface area contributed by atoms with Crippen molar-refractivity contribution in [2.24, 2.45) is 0 Å². The summed E-state index contributed by atoms with van der Waals surface area (Å²) in [7, 11) is 1.84. The molecule has 1 N–H and O–H groups in total. The van der Waals surface area contributed by atoms with Crippen LogP contribution >= 0.6 is 0 Å². The predicted molar refractivity (Wildman–Crippen MR) is 77.8 cm³/mol. The van der Waals surface area contributed by atoms with Crippen LogP contribution in [0.2, 0.25) is 0 Å². The van der Waals surface area contributed by atoms with Crippen molar-refractivity contribution < 1.29 is 8.78 Å². The second kappa shape index (κ2) is 6.14. The van der Waals surface area contributed by atoms with E-state index in [4.69, 9.17) is 0 Å². The third-order valence-corrected chi connectivity index (χ3v) is 3.67. The maximum Gasteiger partial charge on any atom is 0.126 e. The lowest BCUT2D eigenvalue weighted by molar-refractivity contribution is 0.541. The average Bonchev–Trinajstić information content (AvgIpc) is 2.41. The van der Waals surface area contributed by atoms with E-state index >= 15 is 0 Å². The first-order chi connectivity index (χ1) is 9.52. The van der Waals surface area contributed by atoms with E-state index in [1.54, 1.807) is 0 Å². The maximum absolute atomic E-state index is 13.8. The molecule has 2 aromatic rings. The van der Waals surface area contributed by atoms with E-state index in [1.165, 1.54) is 12.1 Å². The fourth-order valence-electron chi connectivity index (χ4n) is 2.65. The fourth-order valence-corrected chi connectivity index (χ4v) is 2.65. The zero-order valence-electron chi connectivity index (χ0n) is 12.0. The first-order valence-corrected chi connectivity index (χ1v) is 6.70. The molecule has 0 bridgehead atoms. The normalized spacial score (nSPS) is 12.4. The van der Waals surface area contributed by atoms with Crippen LogP contribution in [-0.4, -0.2) is 7.05 Å². The lowest BCUT2D eigenvalue weighted by atomic mass is 9.91. The van der Waals surface area contributed by atoms with Gasteiger partial charge in [0.2, 0.25) is 0 Å². The molecule has 0 amide bonds. The van der Waals surface area contributed by atoms with E-state index in [2.05, 4.69) is 5.32 Å². The van der Waals surface area contributed by atoms with Gasteiger partial charge in [-0.05, 0) is 67.8 Å². The molecule has 0 aromatic heterocycles. The zero-order chi connectivity index (χ0) is 14.7. The van der Waals surface area contributed by atoms with E-state index < -0.39 is 5.82 Å². The van der Waals surface area contributed by atoms with Crippen molar-refractivity contribution in [2.75, 3.05) is 7.05 Å². The topological polar surface area (TPSA) is 12.0 Å². The lowest BCUT2D eigenvalue weighted by Crippen LogP contribution is -2.21. The van der Waals surface area contributed by atoms with Crippen LogP contribution in [0.1, 0.15) is 28.3 Å². The molecular formula is C17H19F2N. The van der Waals surface area contributed by atoms with Gasteiger partial charge in [-0.2, -0.15) is 0 Å². The van der Waals surface area contributed by atoms with Crippen LogP contribution in [0.15, 0.2) is 36.4 Å². The van der Waals surface area contributed by atoms with Crippen molar-refractivity contribution in [1.29, 1.82) is 0 Å². The Balaban J connectivity index is 2.36. The smallest absolute Gasteiger partial charge is 0.126 e.